The van der Waals surface area contributed by atoms with Gasteiger partial charge in [-0.15, -0.1) is 41.1 Å². The summed E-state index contributed by atoms with van der Waals surface area (Å²) in [5.41, 5.74) is 3.00. The SMILES string of the molecule is CC(C)(C)OCCCCCCc1c[cH-]c2ccccc12.CCCCc1cc[cH-]c1.[Cl][Zr+2][Cl]. The van der Waals surface area contributed by atoms with Crippen molar-refractivity contribution in [1.29, 1.82) is 0 Å². The van der Waals surface area contributed by atoms with Gasteiger partial charge in [0, 0.05) is 6.61 Å². The second kappa shape index (κ2) is 18.0. The zero-order valence-electron chi connectivity index (χ0n) is 20.3. The standard InChI is InChI=1S/C19H27O.C9H13.2ClH.Zr/c1-19(2,3)20-15-9-5-4-6-10-16-13-14-17-11-7-8-12-18(16)17;1-2-3-6-9-7-4-5-8-9;;;/h7-8,11-14H,4-6,9-10,15H2,1-3H3;4-5,7-8H,2-3,6H2,1H3;2*1H;/q2*-1;;;+4/p-2. The summed E-state index contributed by atoms with van der Waals surface area (Å²) in [4.78, 5) is 0. The Morgan fingerprint density at radius 3 is 2.28 bits per heavy atom. The molecular weight excluding hydrogens is 514 g/mol. The molecule has 0 amide bonds. The number of aryl methyl sites for hydroxylation is 2. The number of unbranched alkanes of at least 4 members (excludes halogenated alkanes) is 4. The molecule has 0 radical (unpaired) electrons. The molecule has 3 rings (SSSR count). The minimum absolute atomic E-state index is 0.00814. The first-order valence-electron chi connectivity index (χ1n) is 11.9. The molecule has 0 spiro atoms. The Kier molecular flexibility index (Phi) is 16.7. The molecule has 0 unspecified atom stereocenters. The molecule has 0 aromatic heterocycles. The monoisotopic (exact) mass is 552 g/mol. The average molecular weight is 555 g/mol. The predicted molar refractivity (Wildman–Crippen MR) is 140 cm³/mol. The van der Waals surface area contributed by atoms with Crippen LogP contribution in [0.15, 0.2) is 60.7 Å². The third-order valence-electron chi connectivity index (χ3n) is 5.20. The van der Waals surface area contributed by atoms with Gasteiger partial charge in [0.1, 0.15) is 0 Å². The van der Waals surface area contributed by atoms with Crippen LogP contribution in [-0.2, 0) is 38.4 Å². The Balaban J connectivity index is 0.000000354. The Morgan fingerprint density at radius 1 is 0.906 bits per heavy atom. The van der Waals surface area contributed by atoms with E-state index in [4.69, 9.17) is 21.8 Å². The van der Waals surface area contributed by atoms with Gasteiger partial charge in [-0.2, -0.15) is 29.3 Å². The van der Waals surface area contributed by atoms with Crippen molar-refractivity contribution < 1.29 is 25.6 Å². The summed E-state index contributed by atoms with van der Waals surface area (Å²) in [5, 5.41) is 2.81. The Hall–Kier alpha value is -0.397. The summed E-state index contributed by atoms with van der Waals surface area (Å²) in [6.45, 7) is 9.47. The van der Waals surface area contributed by atoms with Crippen molar-refractivity contribution in [3.63, 3.8) is 0 Å². The van der Waals surface area contributed by atoms with E-state index in [0.717, 1.165) is 6.61 Å². The van der Waals surface area contributed by atoms with E-state index in [2.05, 4.69) is 88.4 Å². The zero-order valence-corrected chi connectivity index (χ0v) is 24.3. The Morgan fingerprint density at radius 2 is 1.62 bits per heavy atom. The third-order valence-corrected chi connectivity index (χ3v) is 5.20. The van der Waals surface area contributed by atoms with E-state index in [9.17, 15) is 0 Å². The maximum absolute atomic E-state index is 5.74. The van der Waals surface area contributed by atoms with Crippen LogP contribution in [0.1, 0.15) is 77.3 Å². The normalized spacial score (nSPS) is 10.7. The molecule has 0 bridgehead atoms. The molecular formula is C28H40Cl2OZr. The van der Waals surface area contributed by atoms with Crippen molar-refractivity contribution in [3.8, 4) is 0 Å². The molecule has 0 N–H and O–H groups in total. The van der Waals surface area contributed by atoms with Crippen molar-refractivity contribution in [2.45, 2.75) is 84.7 Å². The van der Waals surface area contributed by atoms with E-state index in [1.54, 1.807) is 0 Å². The van der Waals surface area contributed by atoms with Gasteiger partial charge in [0.25, 0.3) is 0 Å². The predicted octanol–water partition coefficient (Wildman–Crippen LogP) is 9.60. The molecule has 0 heterocycles. The van der Waals surface area contributed by atoms with Gasteiger partial charge >= 0.3 is 37.9 Å². The molecule has 0 aliphatic rings. The molecule has 0 fully saturated rings. The van der Waals surface area contributed by atoms with E-state index in [-0.39, 0.29) is 5.60 Å². The van der Waals surface area contributed by atoms with Crippen LogP contribution in [0.5, 0.6) is 0 Å². The molecule has 0 saturated heterocycles. The summed E-state index contributed by atoms with van der Waals surface area (Å²) >= 11 is -0.826. The Bertz CT molecular complexity index is 802. The van der Waals surface area contributed by atoms with Crippen molar-refractivity contribution in [2.24, 2.45) is 0 Å². The summed E-state index contributed by atoms with van der Waals surface area (Å²) in [6, 6.07) is 21.8. The molecule has 176 valence electrons. The van der Waals surface area contributed by atoms with E-state index in [0.29, 0.717) is 0 Å². The number of fused-ring (bicyclic) bond motifs is 1. The van der Waals surface area contributed by atoms with Crippen molar-refractivity contribution >= 4 is 27.8 Å². The van der Waals surface area contributed by atoms with Crippen LogP contribution < -0.4 is 0 Å². The first-order valence-corrected chi connectivity index (χ1v) is 18.2. The van der Waals surface area contributed by atoms with Crippen LogP contribution in [0.3, 0.4) is 0 Å². The van der Waals surface area contributed by atoms with Crippen molar-refractivity contribution in [1.82, 2.24) is 0 Å². The molecule has 4 heteroatoms. The van der Waals surface area contributed by atoms with Gasteiger partial charge in [0.05, 0.1) is 5.60 Å². The molecule has 32 heavy (non-hydrogen) atoms. The first-order chi connectivity index (χ1) is 15.4. The maximum atomic E-state index is 5.74. The molecule has 0 aliphatic carbocycles. The van der Waals surface area contributed by atoms with Crippen LogP contribution >= 0.6 is 17.0 Å². The van der Waals surface area contributed by atoms with E-state index in [1.165, 1.54) is 73.3 Å². The van der Waals surface area contributed by atoms with E-state index >= 15 is 0 Å². The number of hydrogen-bond acceptors (Lipinski definition) is 1. The topological polar surface area (TPSA) is 9.23 Å². The van der Waals surface area contributed by atoms with Crippen LogP contribution in [0.2, 0.25) is 0 Å². The number of rotatable bonds is 10. The first kappa shape index (κ1) is 29.6. The van der Waals surface area contributed by atoms with Crippen LogP contribution in [0.4, 0.5) is 0 Å². The van der Waals surface area contributed by atoms with Gasteiger partial charge in [-0.3, -0.25) is 0 Å². The summed E-state index contributed by atoms with van der Waals surface area (Å²) in [5.74, 6) is 0. The number of hydrogen-bond donors (Lipinski definition) is 0. The fourth-order valence-electron chi connectivity index (χ4n) is 3.54. The van der Waals surface area contributed by atoms with Crippen molar-refractivity contribution in [3.05, 3.63) is 71.8 Å². The summed E-state index contributed by atoms with van der Waals surface area (Å²) < 4.78 is 5.74. The van der Waals surface area contributed by atoms with Gasteiger partial charge in [-0.1, -0.05) is 57.9 Å². The van der Waals surface area contributed by atoms with E-state index < -0.39 is 20.8 Å². The second-order valence-corrected chi connectivity index (χ2v) is 12.8. The van der Waals surface area contributed by atoms with Gasteiger partial charge in [-0.05, 0) is 27.2 Å². The van der Waals surface area contributed by atoms with Crippen molar-refractivity contribution in [2.75, 3.05) is 6.61 Å². The quantitative estimate of drug-likeness (QED) is 0.179. The molecule has 0 aliphatic heterocycles. The average Bonchev–Trinajstić information content (AvgIpc) is 3.42. The summed E-state index contributed by atoms with van der Waals surface area (Å²) in [7, 11) is 9.87. The fourth-order valence-corrected chi connectivity index (χ4v) is 3.54. The zero-order chi connectivity index (χ0) is 23.7. The van der Waals surface area contributed by atoms with Crippen LogP contribution in [-0.4, -0.2) is 12.2 Å². The van der Waals surface area contributed by atoms with Gasteiger partial charge in [0.2, 0.25) is 0 Å². The van der Waals surface area contributed by atoms with Gasteiger partial charge < -0.3 is 4.74 Å². The second-order valence-electron chi connectivity index (χ2n) is 9.04. The van der Waals surface area contributed by atoms with Gasteiger partial charge in [0.15, 0.2) is 0 Å². The Labute approximate surface area is 215 Å². The number of ether oxygens (including phenoxy) is 1. The number of halogens is 2. The summed E-state index contributed by atoms with van der Waals surface area (Å²) in [6.07, 6.45) is 10.1. The van der Waals surface area contributed by atoms with E-state index in [1.807, 2.05) is 0 Å². The van der Waals surface area contributed by atoms with Crippen LogP contribution in [0, 0.1) is 0 Å². The molecule has 3 aromatic carbocycles. The molecule has 3 aromatic rings. The van der Waals surface area contributed by atoms with Gasteiger partial charge in [-0.25, -0.2) is 6.07 Å². The minimum atomic E-state index is -0.826. The molecule has 0 atom stereocenters. The van der Waals surface area contributed by atoms with Crippen LogP contribution in [0.25, 0.3) is 10.8 Å². The molecule has 1 nitrogen and oxygen atoms in total. The number of benzene rings is 1. The molecule has 0 saturated carbocycles. The third kappa shape index (κ3) is 14.0. The fraction of sp³-hybridized carbons (Fsp3) is 0.500.